The van der Waals surface area contributed by atoms with E-state index >= 15 is 0 Å². The maximum Gasteiger partial charge on any atom is 0.285 e. The first-order valence-electron chi connectivity index (χ1n) is 20.1. The summed E-state index contributed by atoms with van der Waals surface area (Å²) in [5, 5.41) is -2.91. The van der Waals surface area contributed by atoms with Gasteiger partial charge in [0.05, 0.1) is 71.8 Å². The van der Waals surface area contributed by atoms with Gasteiger partial charge in [0.1, 0.15) is 15.6 Å². The Labute approximate surface area is 416 Å². The quantitative estimate of drug-likeness (QED) is 0.0456. The van der Waals surface area contributed by atoms with Gasteiger partial charge in [-0.2, -0.15) is 58.9 Å². The van der Waals surface area contributed by atoms with Crippen LogP contribution in [0.5, 0.6) is 0 Å². The van der Waals surface area contributed by atoms with Crippen molar-refractivity contribution in [3.8, 4) is 0 Å². The second-order valence-electron chi connectivity index (χ2n) is 14.1. The highest BCUT2D eigenvalue weighted by Crippen LogP contribution is 2.11. The topological polar surface area (TPSA) is 486 Å². The van der Waals surface area contributed by atoms with Gasteiger partial charge in [-0.15, -0.1) is 13.2 Å². The SMILES string of the molecule is C=C.CCC(N)CC(C)S(=O)(=O)OC.CCC(N)CS(=O)(=O)OC.COS(=O)(=O)C(C)(C)N.COS(=O)(=O)C(C)CC(C)N.COS(=O)(=O)C(C)N.COS(=O)(=O)C(C)N.COS(=O)(=O)CCCN. The lowest BCUT2D eigenvalue weighted by Gasteiger charge is -2.15. The van der Waals surface area contributed by atoms with Crippen molar-refractivity contribution >= 4 is 70.8 Å². The summed E-state index contributed by atoms with van der Waals surface area (Å²) >= 11 is 0. The highest BCUT2D eigenvalue weighted by molar-refractivity contribution is 7.88. The molecule has 0 aromatic heterocycles. The van der Waals surface area contributed by atoms with Gasteiger partial charge in [0.2, 0.25) is 0 Å². The van der Waals surface area contributed by atoms with Crippen LogP contribution in [0, 0.1) is 0 Å². The number of rotatable bonds is 23. The van der Waals surface area contributed by atoms with E-state index in [4.69, 9.17) is 40.1 Å². The summed E-state index contributed by atoms with van der Waals surface area (Å²) in [5.41, 5.74) is 36.6. The molecule has 0 fully saturated rings. The third-order valence-electron chi connectivity index (χ3n) is 7.60. The van der Waals surface area contributed by atoms with Crippen LogP contribution in [0.4, 0.5) is 0 Å². The minimum absolute atomic E-state index is 0.0139. The zero-order valence-electron chi connectivity index (χ0n) is 43.1. The van der Waals surface area contributed by atoms with Crippen LogP contribution in [0.1, 0.15) is 94.4 Å². The maximum atomic E-state index is 11.1. The van der Waals surface area contributed by atoms with Gasteiger partial charge >= 0.3 is 0 Å². The molecular formula is C34H89N7O21S7. The summed E-state index contributed by atoms with van der Waals surface area (Å²) in [4.78, 5) is -1.30. The smallest absolute Gasteiger partial charge is 0.285 e. The van der Waals surface area contributed by atoms with Crippen LogP contribution in [0.25, 0.3) is 0 Å². The molecule has 0 saturated heterocycles. The third kappa shape index (κ3) is 50.2. The molecule has 0 heterocycles. The molecule has 69 heavy (non-hydrogen) atoms. The second-order valence-corrected chi connectivity index (χ2v) is 28.4. The van der Waals surface area contributed by atoms with Crippen LogP contribution in [0.2, 0.25) is 0 Å². The van der Waals surface area contributed by atoms with E-state index in [1.165, 1.54) is 34.8 Å². The summed E-state index contributed by atoms with van der Waals surface area (Å²) in [6, 6.07) is -0.496. The summed E-state index contributed by atoms with van der Waals surface area (Å²) in [6.07, 6.45) is 2.76. The molecule has 0 amide bonds. The van der Waals surface area contributed by atoms with Crippen LogP contribution in [-0.2, 0) is 100 Å². The van der Waals surface area contributed by atoms with Crippen molar-refractivity contribution < 1.29 is 88.2 Å². The Morgan fingerprint density at radius 3 is 0.957 bits per heavy atom. The summed E-state index contributed by atoms with van der Waals surface area (Å²) in [7, 11) is -16.0. The molecule has 0 rings (SSSR count). The Balaban J connectivity index is -0.000000105. The first-order valence-corrected chi connectivity index (χ1v) is 30.6. The Morgan fingerprint density at radius 2 is 0.783 bits per heavy atom. The maximum absolute atomic E-state index is 11.1. The normalized spacial score (nSPS) is 15.1. The first-order chi connectivity index (χ1) is 30.8. The van der Waals surface area contributed by atoms with E-state index in [-0.39, 0.29) is 29.6 Å². The van der Waals surface area contributed by atoms with Gasteiger partial charge in [-0.25, -0.2) is 0 Å². The van der Waals surface area contributed by atoms with Gasteiger partial charge in [0, 0.05) is 18.1 Å². The van der Waals surface area contributed by atoms with Crippen molar-refractivity contribution in [3.05, 3.63) is 13.2 Å². The summed E-state index contributed by atoms with van der Waals surface area (Å²) in [5.74, 6) is -0.0833. The molecular weight excluding hydrogens is 1070 g/mol. The van der Waals surface area contributed by atoms with Crippen molar-refractivity contribution in [1.82, 2.24) is 0 Å². The van der Waals surface area contributed by atoms with Gasteiger partial charge < -0.3 is 40.1 Å². The molecule has 0 aliphatic rings. The van der Waals surface area contributed by atoms with Crippen LogP contribution in [0.3, 0.4) is 0 Å². The fraction of sp³-hybridized carbons (Fsp3) is 0.941. The molecule has 0 aromatic carbocycles. The Hall–Kier alpha value is -1.17. The minimum atomic E-state index is -3.56. The molecule has 28 nitrogen and oxygen atoms in total. The molecule has 0 aliphatic carbocycles. The molecule has 35 heteroatoms. The largest absolute Gasteiger partial charge is 0.330 e. The monoisotopic (exact) mass is 1160 g/mol. The van der Waals surface area contributed by atoms with Gasteiger partial charge in [-0.3, -0.25) is 29.3 Å². The first kappa shape index (κ1) is 84.6. The van der Waals surface area contributed by atoms with E-state index in [1.807, 2.05) is 13.8 Å². The number of hydrogen-bond acceptors (Lipinski definition) is 28. The van der Waals surface area contributed by atoms with E-state index in [2.05, 4.69) is 42.4 Å². The Bertz CT molecular complexity index is 2020. The lowest BCUT2D eigenvalue weighted by atomic mass is 10.1. The van der Waals surface area contributed by atoms with Gasteiger partial charge in [0.15, 0.2) is 0 Å². The van der Waals surface area contributed by atoms with Crippen molar-refractivity contribution in [1.29, 1.82) is 0 Å². The van der Waals surface area contributed by atoms with E-state index < -0.39 is 96.9 Å². The zero-order chi connectivity index (χ0) is 57.6. The molecule has 0 aromatic rings. The zero-order valence-corrected chi connectivity index (χ0v) is 48.8. The van der Waals surface area contributed by atoms with Crippen LogP contribution in [-0.4, -0.2) is 171 Å². The Kier molecular flexibility index (Phi) is 51.8. The highest BCUT2D eigenvalue weighted by Gasteiger charge is 2.29. The lowest BCUT2D eigenvalue weighted by Crippen LogP contribution is -2.41. The van der Waals surface area contributed by atoms with Crippen molar-refractivity contribution in [3.63, 3.8) is 0 Å². The fourth-order valence-corrected chi connectivity index (χ4v) is 7.29. The second kappa shape index (κ2) is 42.2. The average Bonchev–Trinajstić information content (AvgIpc) is 3.26. The standard InChI is InChI=1S/C7H17NO3S.C6H15NO3S.C5H13NO3S.2C4H11NO3S.2C3H9NO3S.C2H4/c1-4-7(8)5-6(2)12(9,10)11-3;1-5(7)4-6(2)11(8,9)10-3;1-3-5(6)4-10(7,8)9-2;1-4(2,5)9(6,7)8-3;1-8-9(6,7)4-2-3-5;2*1-3(4)8(5,6)7-2;1-2/h6-7H,4-5,8H2,1-3H3;5-6H,4,7H2,1-3H3;5H,3-4,6H2,1-2H3;5H2,1-3H3;2-5H2,1H3;2*3H,4H2,1-2H3;1-2H2. The minimum Gasteiger partial charge on any atom is -0.330 e. The average molecular weight is 1160 g/mol. The van der Waals surface area contributed by atoms with E-state index in [0.29, 0.717) is 32.2 Å². The highest BCUT2D eigenvalue weighted by atomic mass is 32.2. The summed E-state index contributed by atoms with van der Waals surface area (Å²) < 4.78 is 178. The van der Waals surface area contributed by atoms with Gasteiger partial charge in [0.25, 0.3) is 70.8 Å². The van der Waals surface area contributed by atoms with Crippen LogP contribution >= 0.6 is 0 Å². The molecule has 0 saturated carbocycles. The third-order valence-corrected chi connectivity index (χ3v) is 18.0. The number of hydrogen-bond donors (Lipinski definition) is 7. The van der Waals surface area contributed by atoms with Crippen LogP contribution < -0.4 is 40.1 Å². The molecule has 7 atom stereocenters. The fourth-order valence-electron chi connectivity index (χ4n) is 2.99. The Morgan fingerprint density at radius 1 is 0.478 bits per heavy atom. The summed E-state index contributed by atoms with van der Waals surface area (Å²) in [6.45, 7) is 20.5. The molecule has 0 spiro atoms. The lowest BCUT2D eigenvalue weighted by molar-refractivity contribution is 0.372. The molecule has 0 radical (unpaired) electrons. The van der Waals surface area contributed by atoms with E-state index in [9.17, 15) is 58.9 Å². The van der Waals surface area contributed by atoms with E-state index in [0.717, 1.165) is 49.1 Å². The predicted octanol–water partition coefficient (Wildman–Crippen LogP) is -1.43. The molecule has 7 unspecified atom stereocenters. The van der Waals surface area contributed by atoms with Gasteiger partial charge in [-0.05, 0) is 87.1 Å². The van der Waals surface area contributed by atoms with Crippen LogP contribution in [0.15, 0.2) is 13.2 Å². The molecule has 0 aliphatic heterocycles. The molecule has 0 bridgehead atoms. The molecule has 14 N–H and O–H groups in total. The number of nitrogens with two attached hydrogens (primary N) is 7. The van der Waals surface area contributed by atoms with Crippen molar-refractivity contribution in [2.24, 2.45) is 40.1 Å². The van der Waals surface area contributed by atoms with Crippen molar-refractivity contribution in [2.45, 2.75) is 139 Å². The van der Waals surface area contributed by atoms with Crippen molar-refractivity contribution in [2.75, 3.05) is 67.8 Å². The van der Waals surface area contributed by atoms with E-state index in [1.54, 1.807) is 20.8 Å². The molecule has 428 valence electrons. The predicted molar refractivity (Wildman–Crippen MR) is 270 cm³/mol. The van der Waals surface area contributed by atoms with Gasteiger partial charge in [-0.1, -0.05) is 13.8 Å².